The Kier molecular flexibility index (Phi) is 6.75. The van der Waals surface area contributed by atoms with E-state index in [9.17, 15) is 9.59 Å². The summed E-state index contributed by atoms with van der Waals surface area (Å²) in [6, 6.07) is 0. The molecule has 1 amide bonds. The van der Waals surface area contributed by atoms with Gasteiger partial charge in [-0.05, 0) is 0 Å². The van der Waals surface area contributed by atoms with Crippen LogP contribution in [0.25, 0.3) is 0 Å². The van der Waals surface area contributed by atoms with Crippen molar-refractivity contribution in [3.05, 3.63) is 0 Å². The molecular weight excluding hydrogens is 248 g/mol. The van der Waals surface area contributed by atoms with Crippen LogP contribution in [0.4, 0.5) is 0 Å². The zero-order chi connectivity index (χ0) is 14.3. The SMILES string of the molecule is COC(=O)C1CC(=O)N(CCN(CCN)CCN)C1. The molecule has 0 aromatic heterocycles. The number of nitrogens with two attached hydrogens (primary N) is 2. The molecule has 0 saturated carbocycles. The van der Waals surface area contributed by atoms with Crippen LogP contribution in [0, 0.1) is 5.92 Å². The Morgan fingerprint density at radius 3 is 2.53 bits per heavy atom. The van der Waals surface area contributed by atoms with Crippen molar-refractivity contribution in [1.29, 1.82) is 0 Å². The second kappa shape index (κ2) is 8.08. The molecule has 1 saturated heterocycles. The van der Waals surface area contributed by atoms with Crippen LogP contribution in [0.1, 0.15) is 6.42 Å². The number of carbonyl (C=O) groups excluding carboxylic acids is 2. The fourth-order valence-corrected chi connectivity index (χ4v) is 2.28. The van der Waals surface area contributed by atoms with E-state index in [2.05, 4.69) is 9.64 Å². The lowest BCUT2D eigenvalue weighted by Gasteiger charge is -2.24. The van der Waals surface area contributed by atoms with Gasteiger partial charge in [-0.3, -0.25) is 14.5 Å². The summed E-state index contributed by atoms with van der Waals surface area (Å²) in [6.07, 6.45) is 0.250. The Hall–Kier alpha value is -1.18. The van der Waals surface area contributed by atoms with E-state index in [0.29, 0.717) is 26.2 Å². The third kappa shape index (κ3) is 4.77. The maximum absolute atomic E-state index is 11.8. The zero-order valence-electron chi connectivity index (χ0n) is 11.5. The molecule has 19 heavy (non-hydrogen) atoms. The number of carbonyl (C=O) groups is 2. The highest BCUT2D eigenvalue weighted by atomic mass is 16.5. The van der Waals surface area contributed by atoms with Crippen molar-refractivity contribution in [1.82, 2.24) is 9.80 Å². The number of amides is 1. The minimum Gasteiger partial charge on any atom is -0.469 e. The van der Waals surface area contributed by atoms with E-state index in [4.69, 9.17) is 11.5 Å². The topological polar surface area (TPSA) is 102 Å². The van der Waals surface area contributed by atoms with E-state index < -0.39 is 0 Å². The molecule has 1 unspecified atom stereocenters. The minimum atomic E-state index is -0.324. The molecular formula is C12H24N4O3. The molecule has 0 aromatic rings. The van der Waals surface area contributed by atoms with Gasteiger partial charge in [0.1, 0.15) is 0 Å². The summed E-state index contributed by atoms with van der Waals surface area (Å²) in [5.74, 6) is -0.623. The van der Waals surface area contributed by atoms with Gasteiger partial charge in [-0.2, -0.15) is 0 Å². The lowest BCUT2D eigenvalue weighted by Crippen LogP contribution is -2.40. The second-order valence-corrected chi connectivity index (χ2v) is 4.68. The molecule has 0 radical (unpaired) electrons. The molecule has 0 aromatic carbocycles. The summed E-state index contributed by atoms with van der Waals surface area (Å²) in [6.45, 7) is 4.45. The maximum Gasteiger partial charge on any atom is 0.310 e. The number of esters is 1. The molecule has 4 N–H and O–H groups in total. The highest BCUT2D eigenvalue weighted by Gasteiger charge is 2.34. The van der Waals surface area contributed by atoms with Crippen molar-refractivity contribution < 1.29 is 14.3 Å². The standard InChI is InChI=1S/C12H24N4O3/c1-19-12(18)10-8-11(17)16(9-10)7-6-15(4-2-13)5-3-14/h10H,2-9,13-14H2,1H3. The first kappa shape index (κ1) is 15.9. The largest absolute Gasteiger partial charge is 0.469 e. The highest BCUT2D eigenvalue weighted by molar-refractivity contribution is 5.86. The first-order valence-corrected chi connectivity index (χ1v) is 6.60. The van der Waals surface area contributed by atoms with Gasteiger partial charge in [0.2, 0.25) is 5.91 Å². The van der Waals surface area contributed by atoms with Gasteiger partial charge in [0.05, 0.1) is 13.0 Å². The molecule has 0 bridgehead atoms. The maximum atomic E-state index is 11.8. The van der Waals surface area contributed by atoms with Crippen LogP contribution in [0.5, 0.6) is 0 Å². The van der Waals surface area contributed by atoms with Gasteiger partial charge in [-0.15, -0.1) is 0 Å². The Bertz CT molecular complexity index is 305. The fraction of sp³-hybridized carbons (Fsp3) is 0.833. The van der Waals surface area contributed by atoms with Crippen LogP contribution in [-0.4, -0.2) is 74.6 Å². The first-order valence-electron chi connectivity index (χ1n) is 6.60. The predicted octanol–water partition coefficient (Wildman–Crippen LogP) is -1.77. The lowest BCUT2D eigenvalue weighted by molar-refractivity contribution is -0.145. The van der Waals surface area contributed by atoms with Crippen molar-refractivity contribution in [2.24, 2.45) is 17.4 Å². The summed E-state index contributed by atoms with van der Waals surface area (Å²) in [4.78, 5) is 27.0. The Morgan fingerprint density at radius 2 is 2.00 bits per heavy atom. The van der Waals surface area contributed by atoms with Crippen LogP contribution in [-0.2, 0) is 14.3 Å². The average molecular weight is 272 g/mol. The van der Waals surface area contributed by atoms with Gasteiger partial charge in [0.15, 0.2) is 0 Å². The van der Waals surface area contributed by atoms with Gasteiger partial charge in [0.25, 0.3) is 0 Å². The van der Waals surface area contributed by atoms with E-state index in [1.807, 2.05) is 0 Å². The van der Waals surface area contributed by atoms with Gasteiger partial charge in [0, 0.05) is 52.2 Å². The smallest absolute Gasteiger partial charge is 0.310 e. The van der Waals surface area contributed by atoms with E-state index in [-0.39, 0.29) is 24.2 Å². The van der Waals surface area contributed by atoms with E-state index in [1.165, 1.54) is 7.11 Å². The summed E-state index contributed by atoms with van der Waals surface area (Å²) in [7, 11) is 1.35. The number of methoxy groups -OCH3 is 1. The minimum absolute atomic E-state index is 0.0100. The quantitative estimate of drug-likeness (QED) is 0.507. The van der Waals surface area contributed by atoms with E-state index in [1.54, 1.807) is 4.90 Å². The molecule has 1 aliphatic rings. The van der Waals surface area contributed by atoms with Gasteiger partial charge < -0.3 is 21.1 Å². The number of hydrogen-bond donors (Lipinski definition) is 2. The third-order valence-corrected chi connectivity index (χ3v) is 3.33. The zero-order valence-corrected chi connectivity index (χ0v) is 11.5. The number of hydrogen-bond acceptors (Lipinski definition) is 6. The van der Waals surface area contributed by atoms with Crippen molar-refractivity contribution in [2.75, 3.05) is 52.9 Å². The summed E-state index contributed by atoms with van der Waals surface area (Å²) < 4.78 is 4.67. The van der Waals surface area contributed by atoms with Crippen molar-refractivity contribution in [3.63, 3.8) is 0 Å². The lowest BCUT2D eigenvalue weighted by atomic mass is 10.1. The number of likely N-dealkylation sites (tertiary alicyclic amines) is 1. The third-order valence-electron chi connectivity index (χ3n) is 3.33. The number of nitrogens with zero attached hydrogens (tertiary/aromatic N) is 2. The molecule has 1 rings (SSSR count). The van der Waals surface area contributed by atoms with Gasteiger partial charge in [-0.1, -0.05) is 0 Å². The second-order valence-electron chi connectivity index (χ2n) is 4.68. The molecule has 7 heteroatoms. The Labute approximate surface area is 113 Å². The summed E-state index contributed by atoms with van der Waals surface area (Å²) >= 11 is 0. The molecule has 1 heterocycles. The van der Waals surface area contributed by atoms with Crippen LogP contribution in [0.3, 0.4) is 0 Å². The van der Waals surface area contributed by atoms with Crippen LogP contribution in [0.2, 0.25) is 0 Å². The van der Waals surface area contributed by atoms with Crippen molar-refractivity contribution in [2.45, 2.75) is 6.42 Å². The van der Waals surface area contributed by atoms with Gasteiger partial charge >= 0.3 is 5.97 Å². The molecule has 0 aliphatic carbocycles. The fourth-order valence-electron chi connectivity index (χ4n) is 2.28. The molecule has 1 aliphatic heterocycles. The first-order chi connectivity index (χ1) is 9.12. The number of rotatable bonds is 8. The van der Waals surface area contributed by atoms with E-state index >= 15 is 0 Å². The monoisotopic (exact) mass is 272 g/mol. The highest BCUT2D eigenvalue weighted by Crippen LogP contribution is 2.18. The summed E-state index contributed by atoms with van der Waals surface area (Å²) in [5.41, 5.74) is 11.1. The van der Waals surface area contributed by atoms with Crippen LogP contribution in [0.15, 0.2) is 0 Å². The summed E-state index contributed by atoms with van der Waals surface area (Å²) in [5, 5.41) is 0. The van der Waals surface area contributed by atoms with Crippen molar-refractivity contribution >= 4 is 11.9 Å². The van der Waals surface area contributed by atoms with Crippen molar-refractivity contribution in [3.8, 4) is 0 Å². The molecule has 110 valence electrons. The van der Waals surface area contributed by atoms with E-state index in [0.717, 1.165) is 19.6 Å². The predicted molar refractivity (Wildman–Crippen MR) is 71.3 cm³/mol. The normalized spacial score (nSPS) is 19.3. The molecule has 7 nitrogen and oxygen atoms in total. The van der Waals surface area contributed by atoms with Crippen LogP contribution >= 0.6 is 0 Å². The molecule has 1 atom stereocenters. The molecule has 0 spiro atoms. The average Bonchev–Trinajstić information content (AvgIpc) is 2.77. The Balaban J connectivity index is 2.40. The van der Waals surface area contributed by atoms with Crippen LogP contribution < -0.4 is 11.5 Å². The Morgan fingerprint density at radius 1 is 1.37 bits per heavy atom. The molecule has 1 fully saturated rings. The number of ether oxygens (including phenoxy) is 1. The van der Waals surface area contributed by atoms with Gasteiger partial charge in [-0.25, -0.2) is 0 Å².